The van der Waals surface area contributed by atoms with Crippen molar-refractivity contribution in [3.05, 3.63) is 0 Å². The molecule has 0 rings (SSSR count). The fourth-order valence-electron chi connectivity index (χ4n) is 0.808. The van der Waals surface area contributed by atoms with Crippen molar-refractivity contribution >= 4 is 59.7 Å². The SMILES string of the molecule is NC(CCC(=O)NCCS(=O)(=O)[O-])C(=O)[O-].[Ca+2]. The molecule has 0 saturated heterocycles. The normalized spacial score (nSPS) is 12.4. The molecule has 0 aromatic carbocycles. The molecular formula is C7H12CaN2O6S. The second-order valence-electron chi connectivity index (χ2n) is 3.08. The van der Waals surface area contributed by atoms with Crippen LogP contribution in [0, 0.1) is 0 Å². The summed E-state index contributed by atoms with van der Waals surface area (Å²) in [6.45, 7) is -0.300. The molecule has 0 aromatic rings. The zero-order valence-corrected chi connectivity index (χ0v) is 12.1. The van der Waals surface area contributed by atoms with Crippen molar-refractivity contribution in [2.45, 2.75) is 18.9 Å². The van der Waals surface area contributed by atoms with E-state index in [1.54, 1.807) is 0 Å². The van der Waals surface area contributed by atoms with Gasteiger partial charge in [-0.1, -0.05) is 0 Å². The second kappa shape index (κ2) is 9.06. The Morgan fingerprint density at radius 1 is 1.35 bits per heavy atom. The summed E-state index contributed by atoms with van der Waals surface area (Å²) in [4.78, 5) is 21.1. The zero-order chi connectivity index (χ0) is 12.8. The quantitative estimate of drug-likeness (QED) is 0.359. The number of carboxylic acid groups (broad SMARTS) is 1. The van der Waals surface area contributed by atoms with Gasteiger partial charge in [-0.05, 0) is 6.42 Å². The van der Waals surface area contributed by atoms with Gasteiger partial charge in [0.05, 0.1) is 21.8 Å². The van der Waals surface area contributed by atoms with E-state index in [2.05, 4.69) is 5.32 Å². The summed E-state index contributed by atoms with van der Waals surface area (Å²) in [5, 5.41) is 12.3. The molecule has 0 fully saturated rings. The molecule has 1 unspecified atom stereocenters. The standard InChI is InChI=1S/C7H14N2O6S.Ca/c8-5(7(11)12)1-2-6(10)9-3-4-16(13,14)15;/h5H,1-4,8H2,(H,9,10)(H,11,12)(H,13,14,15);/q;+2/p-2. The van der Waals surface area contributed by atoms with Crippen LogP contribution in [0.1, 0.15) is 12.8 Å². The van der Waals surface area contributed by atoms with Gasteiger partial charge in [0.15, 0.2) is 0 Å². The minimum Gasteiger partial charge on any atom is -0.748 e. The van der Waals surface area contributed by atoms with Crippen molar-refractivity contribution in [1.82, 2.24) is 5.32 Å². The predicted octanol–water partition coefficient (Wildman–Crippen LogP) is -3.88. The first-order valence-electron chi connectivity index (χ1n) is 4.39. The van der Waals surface area contributed by atoms with E-state index >= 15 is 0 Å². The number of hydrogen-bond acceptors (Lipinski definition) is 7. The van der Waals surface area contributed by atoms with Crippen LogP contribution in [0.5, 0.6) is 0 Å². The van der Waals surface area contributed by atoms with Crippen LogP contribution in [0.2, 0.25) is 0 Å². The molecule has 1 atom stereocenters. The minimum atomic E-state index is -4.36. The first-order valence-corrected chi connectivity index (χ1v) is 5.97. The number of carbonyl (C=O) groups excluding carboxylic acids is 2. The first kappa shape index (κ1) is 19.4. The molecule has 0 aromatic heterocycles. The number of amides is 1. The Bertz CT molecular complexity index is 357. The van der Waals surface area contributed by atoms with Crippen LogP contribution >= 0.6 is 0 Å². The molecule has 0 heterocycles. The fraction of sp³-hybridized carbons (Fsp3) is 0.714. The molecule has 1 amide bonds. The van der Waals surface area contributed by atoms with Crippen LogP contribution in [-0.2, 0) is 19.7 Å². The molecular weight excluding hydrogens is 280 g/mol. The molecule has 17 heavy (non-hydrogen) atoms. The van der Waals surface area contributed by atoms with Gasteiger partial charge in [0.2, 0.25) is 5.91 Å². The van der Waals surface area contributed by atoms with Crippen molar-refractivity contribution < 1.29 is 27.7 Å². The van der Waals surface area contributed by atoms with Crippen molar-refractivity contribution in [3.8, 4) is 0 Å². The average Bonchev–Trinajstić information content (AvgIpc) is 2.11. The summed E-state index contributed by atoms with van der Waals surface area (Å²) in [5.41, 5.74) is 5.07. The fourth-order valence-corrected chi connectivity index (χ4v) is 1.16. The van der Waals surface area contributed by atoms with Crippen LogP contribution in [0.15, 0.2) is 0 Å². The van der Waals surface area contributed by atoms with Gasteiger partial charge in [-0.3, -0.25) is 4.79 Å². The minimum absolute atomic E-state index is 0. The molecule has 0 aliphatic heterocycles. The van der Waals surface area contributed by atoms with Gasteiger partial charge in [0, 0.05) is 19.0 Å². The van der Waals surface area contributed by atoms with Crippen LogP contribution in [0.4, 0.5) is 0 Å². The zero-order valence-electron chi connectivity index (χ0n) is 9.05. The Kier molecular flexibility index (Phi) is 10.3. The van der Waals surface area contributed by atoms with E-state index in [1.807, 2.05) is 0 Å². The number of carbonyl (C=O) groups is 2. The van der Waals surface area contributed by atoms with E-state index in [0.717, 1.165) is 0 Å². The number of aliphatic carboxylic acids is 1. The van der Waals surface area contributed by atoms with Crippen LogP contribution in [-0.4, -0.2) is 80.9 Å². The number of rotatable bonds is 7. The molecule has 0 spiro atoms. The number of hydrogen-bond donors (Lipinski definition) is 2. The van der Waals surface area contributed by atoms with E-state index in [9.17, 15) is 27.7 Å². The molecule has 0 radical (unpaired) electrons. The van der Waals surface area contributed by atoms with Crippen molar-refractivity contribution in [2.75, 3.05) is 12.3 Å². The Hall–Kier alpha value is 0.0697. The van der Waals surface area contributed by atoms with Gasteiger partial charge in [0.25, 0.3) is 0 Å². The Morgan fingerprint density at radius 2 is 1.88 bits per heavy atom. The van der Waals surface area contributed by atoms with E-state index in [4.69, 9.17) is 5.73 Å². The van der Waals surface area contributed by atoms with Gasteiger partial charge < -0.3 is 25.5 Å². The van der Waals surface area contributed by atoms with E-state index in [-0.39, 0.29) is 57.1 Å². The molecule has 0 bridgehead atoms. The topological polar surface area (TPSA) is 152 Å². The third kappa shape index (κ3) is 12.3. The third-order valence-electron chi connectivity index (χ3n) is 1.66. The van der Waals surface area contributed by atoms with Crippen molar-refractivity contribution in [3.63, 3.8) is 0 Å². The largest absolute Gasteiger partial charge is 2.00 e. The van der Waals surface area contributed by atoms with Crippen molar-refractivity contribution in [2.24, 2.45) is 5.73 Å². The monoisotopic (exact) mass is 292 g/mol. The molecule has 3 N–H and O–H groups in total. The first-order chi connectivity index (χ1) is 7.22. The summed E-state index contributed by atoms with van der Waals surface area (Å²) in [7, 11) is -4.36. The van der Waals surface area contributed by atoms with Gasteiger partial charge >= 0.3 is 37.7 Å². The summed E-state index contributed by atoms with van der Waals surface area (Å²) in [5.74, 6) is -2.74. The van der Waals surface area contributed by atoms with Crippen LogP contribution in [0.3, 0.4) is 0 Å². The van der Waals surface area contributed by atoms with Gasteiger partial charge in [0.1, 0.15) is 0 Å². The molecule has 94 valence electrons. The van der Waals surface area contributed by atoms with Crippen LogP contribution in [0.25, 0.3) is 0 Å². The molecule has 0 saturated carbocycles. The maximum atomic E-state index is 11.0. The predicted molar refractivity (Wildman–Crippen MR) is 55.5 cm³/mol. The summed E-state index contributed by atoms with van der Waals surface area (Å²) < 4.78 is 30.5. The maximum absolute atomic E-state index is 11.0. The Morgan fingerprint density at radius 3 is 2.29 bits per heavy atom. The Balaban J connectivity index is 0. The average molecular weight is 292 g/mol. The smallest absolute Gasteiger partial charge is 0.748 e. The van der Waals surface area contributed by atoms with Crippen molar-refractivity contribution in [1.29, 1.82) is 0 Å². The van der Waals surface area contributed by atoms with E-state index in [1.165, 1.54) is 0 Å². The van der Waals surface area contributed by atoms with E-state index < -0.39 is 33.8 Å². The van der Waals surface area contributed by atoms with Gasteiger partial charge in [-0.15, -0.1) is 0 Å². The summed E-state index contributed by atoms with van der Waals surface area (Å²) in [6, 6.07) is -1.24. The maximum Gasteiger partial charge on any atom is 2.00 e. The second-order valence-corrected chi connectivity index (χ2v) is 4.60. The number of nitrogens with one attached hydrogen (secondary N) is 1. The molecule has 0 aliphatic carbocycles. The molecule has 10 heteroatoms. The summed E-state index contributed by atoms with van der Waals surface area (Å²) in [6.07, 6.45) is -0.285. The van der Waals surface area contributed by atoms with Gasteiger partial charge in [-0.25, -0.2) is 8.42 Å². The number of nitrogens with two attached hydrogens (primary N) is 1. The van der Waals surface area contributed by atoms with Crippen LogP contribution < -0.4 is 16.2 Å². The summed E-state index contributed by atoms with van der Waals surface area (Å²) >= 11 is 0. The Labute approximate surface area is 129 Å². The van der Waals surface area contributed by atoms with Gasteiger partial charge in [-0.2, -0.15) is 0 Å². The van der Waals surface area contributed by atoms with E-state index in [0.29, 0.717) is 0 Å². The molecule has 8 nitrogen and oxygen atoms in total. The number of carboxylic acids is 1. The third-order valence-corrected chi connectivity index (χ3v) is 2.36. The molecule has 0 aliphatic rings.